The van der Waals surface area contributed by atoms with Crippen LogP contribution in [-0.2, 0) is 16.8 Å². The highest BCUT2D eigenvalue weighted by atomic mass is 32.1. The summed E-state index contributed by atoms with van der Waals surface area (Å²) in [6, 6.07) is 18.1. The summed E-state index contributed by atoms with van der Waals surface area (Å²) in [4.78, 5) is 15.7. The van der Waals surface area contributed by atoms with Crippen LogP contribution in [0.4, 0.5) is 0 Å². The van der Waals surface area contributed by atoms with Gasteiger partial charge < -0.3 is 14.9 Å². The molecule has 0 saturated heterocycles. The minimum atomic E-state index is -0.841. The number of aromatic nitrogens is 1. The highest BCUT2D eigenvalue weighted by Gasteiger charge is 2.46. The lowest BCUT2D eigenvalue weighted by atomic mass is 9.61. The molecule has 1 aliphatic carbocycles. The topological polar surface area (TPSA) is 79.7 Å². The van der Waals surface area contributed by atoms with E-state index in [-0.39, 0.29) is 6.42 Å². The van der Waals surface area contributed by atoms with Crippen molar-refractivity contribution in [1.82, 2.24) is 4.98 Å². The molecule has 5 nitrogen and oxygen atoms in total. The first-order valence-electron chi connectivity index (χ1n) is 11.0. The average molecular weight is 460 g/mol. The number of carboxylic acid groups (broad SMARTS) is 1. The molecule has 168 valence electrons. The average Bonchev–Trinajstić information content (AvgIpc) is 3.20. The van der Waals surface area contributed by atoms with Gasteiger partial charge >= 0.3 is 5.97 Å². The summed E-state index contributed by atoms with van der Waals surface area (Å²) in [5, 5.41) is 22.4. The van der Waals surface area contributed by atoms with E-state index in [9.17, 15) is 15.0 Å². The molecule has 4 aromatic rings. The monoisotopic (exact) mass is 459 g/mol. The van der Waals surface area contributed by atoms with Crippen LogP contribution in [0.1, 0.15) is 36.1 Å². The Hall–Kier alpha value is -3.22. The largest absolute Gasteiger partial charge is 0.489 e. The molecule has 0 amide bonds. The van der Waals surface area contributed by atoms with E-state index in [0.29, 0.717) is 19.4 Å². The number of thiophene rings is 1. The number of pyridine rings is 1. The van der Waals surface area contributed by atoms with Crippen molar-refractivity contribution in [2.24, 2.45) is 0 Å². The van der Waals surface area contributed by atoms with E-state index in [1.54, 1.807) is 11.3 Å². The maximum absolute atomic E-state index is 11.3. The smallest absolute Gasteiger partial charge is 0.304 e. The first-order valence-corrected chi connectivity index (χ1v) is 11.9. The molecule has 1 aliphatic rings. The molecule has 5 rings (SSSR count). The summed E-state index contributed by atoms with van der Waals surface area (Å²) in [7, 11) is 0. The summed E-state index contributed by atoms with van der Waals surface area (Å²) in [6.45, 7) is 2.47. The molecule has 0 unspecified atom stereocenters. The highest BCUT2D eigenvalue weighted by Crippen LogP contribution is 2.47. The van der Waals surface area contributed by atoms with Crippen LogP contribution in [-0.4, -0.2) is 27.3 Å². The molecule has 0 radical (unpaired) electrons. The zero-order valence-corrected chi connectivity index (χ0v) is 19.1. The number of aliphatic hydroxyl groups excluding tert-OH is 1. The van der Waals surface area contributed by atoms with Gasteiger partial charge in [0, 0.05) is 38.5 Å². The molecule has 0 bridgehead atoms. The molecule has 0 atom stereocenters. The number of ether oxygens (including phenoxy) is 1. The summed E-state index contributed by atoms with van der Waals surface area (Å²) in [6.07, 6.45) is 2.39. The van der Waals surface area contributed by atoms with Crippen molar-refractivity contribution in [2.75, 3.05) is 0 Å². The van der Waals surface area contributed by atoms with Gasteiger partial charge in [-0.2, -0.15) is 0 Å². The molecule has 0 spiro atoms. The van der Waals surface area contributed by atoms with Gasteiger partial charge in [-0.15, -0.1) is 11.3 Å². The van der Waals surface area contributed by atoms with Gasteiger partial charge in [0.1, 0.15) is 12.4 Å². The fraction of sp³-hybridized carbons (Fsp3) is 0.259. The Morgan fingerprint density at radius 1 is 1.15 bits per heavy atom. The second-order valence-corrected chi connectivity index (χ2v) is 9.75. The third kappa shape index (κ3) is 4.24. The van der Waals surface area contributed by atoms with Gasteiger partial charge in [0.05, 0.1) is 12.5 Å². The number of benzene rings is 2. The van der Waals surface area contributed by atoms with E-state index in [2.05, 4.69) is 34.6 Å². The van der Waals surface area contributed by atoms with Crippen molar-refractivity contribution in [3.63, 3.8) is 0 Å². The van der Waals surface area contributed by atoms with Crippen molar-refractivity contribution in [1.29, 1.82) is 0 Å². The number of aryl methyl sites for hydroxylation is 1. The summed E-state index contributed by atoms with van der Waals surface area (Å²) in [5.41, 5.74) is 4.90. The van der Waals surface area contributed by atoms with Crippen LogP contribution in [0.25, 0.3) is 21.2 Å². The molecular formula is C27H25NO4S. The zero-order chi connectivity index (χ0) is 23.0. The van der Waals surface area contributed by atoms with Gasteiger partial charge in [-0.3, -0.25) is 9.78 Å². The van der Waals surface area contributed by atoms with Gasteiger partial charge in [0.2, 0.25) is 0 Å². The molecule has 33 heavy (non-hydrogen) atoms. The molecule has 2 aromatic carbocycles. The van der Waals surface area contributed by atoms with Crippen LogP contribution in [0.2, 0.25) is 0 Å². The molecule has 2 N–H and O–H groups in total. The van der Waals surface area contributed by atoms with Gasteiger partial charge in [0.15, 0.2) is 0 Å². The molecule has 1 fully saturated rings. The van der Waals surface area contributed by atoms with Crippen LogP contribution in [0.15, 0.2) is 66.2 Å². The molecule has 6 heteroatoms. The number of hydrogen-bond acceptors (Lipinski definition) is 5. The van der Waals surface area contributed by atoms with Crippen LogP contribution in [0, 0.1) is 6.92 Å². The first kappa shape index (κ1) is 21.6. The highest BCUT2D eigenvalue weighted by molar-refractivity contribution is 7.17. The Morgan fingerprint density at radius 2 is 1.94 bits per heavy atom. The van der Waals surface area contributed by atoms with Crippen molar-refractivity contribution in [2.45, 2.75) is 44.3 Å². The Balaban J connectivity index is 1.32. The third-order valence-corrected chi connectivity index (χ3v) is 7.51. The van der Waals surface area contributed by atoms with Crippen molar-refractivity contribution in [3.8, 4) is 16.9 Å². The van der Waals surface area contributed by atoms with E-state index in [1.807, 2.05) is 43.5 Å². The molecule has 2 aromatic heterocycles. The number of fused-ring (bicyclic) bond motifs is 1. The normalized spacial score (nSPS) is 19.9. The SMILES string of the molecule is Cc1ncccc1-c1csc2ccc(COc3ccc(C4(CC(=O)O)CC(O)C4)cc3)cc12. The second-order valence-electron chi connectivity index (χ2n) is 8.84. The molecule has 2 heterocycles. The fourth-order valence-corrected chi connectivity index (χ4v) is 5.77. The maximum atomic E-state index is 11.3. The number of aliphatic hydroxyl groups is 1. The van der Waals surface area contributed by atoms with E-state index in [4.69, 9.17) is 4.74 Å². The lowest BCUT2D eigenvalue weighted by molar-refractivity contribution is -0.140. The molecule has 1 saturated carbocycles. The van der Waals surface area contributed by atoms with Crippen molar-refractivity contribution >= 4 is 27.4 Å². The number of nitrogens with zero attached hydrogens (tertiary/aromatic N) is 1. The summed E-state index contributed by atoms with van der Waals surface area (Å²) < 4.78 is 7.26. The first-order chi connectivity index (χ1) is 15.9. The quantitative estimate of drug-likeness (QED) is 0.370. The predicted molar refractivity (Wildman–Crippen MR) is 130 cm³/mol. The lowest BCUT2D eigenvalue weighted by Crippen LogP contribution is -2.46. The zero-order valence-electron chi connectivity index (χ0n) is 18.3. The van der Waals surface area contributed by atoms with Gasteiger partial charge in [-0.25, -0.2) is 0 Å². The number of rotatable bonds is 7. The molecule has 0 aliphatic heterocycles. The van der Waals surface area contributed by atoms with E-state index < -0.39 is 17.5 Å². The predicted octanol–water partition coefficient (Wildman–Crippen LogP) is 5.72. The Labute approximate surface area is 196 Å². The molecular weight excluding hydrogens is 434 g/mol. The lowest BCUT2D eigenvalue weighted by Gasteiger charge is -2.45. The van der Waals surface area contributed by atoms with Gasteiger partial charge in [-0.1, -0.05) is 24.3 Å². The second kappa shape index (κ2) is 8.61. The Morgan fingerprint density at radius 3 is 2.64 bits per heavy atom. The number of carboxylic acids is 1. The van der Waals surface area contributed by atoms with E-state index in [1.165, 1.54) is 15.6 Å². The number of aliphatic carboxylic acids is 1. The van der Waals surface area contributed by atoms with E-state index >= 15 is 0 Å². The van der Waals surface area contributed by atoms with Crippen LogP contribution >= 0.6 is 11.3 Å². The Bertz CT molecular complexity index is 1310. The van der Waals surface area contributed by atoms with Gasteiger partial charge in [0.25, 0.3) is 0 Å². The Kier molecular flexibility index (Phi) is 5.64. The van der Waals surface area contributed by atoms with Crippen molar-refractivity contribution < 1.29 is 19.7 Å². The van der Waals surface area contributed by atoms with Crippen molar-refractivity contribution in [3.05, 3.63) is 83.0 Å². The van der Waals surface area contributed by atoms with Crippen LogP contribution in [0.3, 0.4) is 0 Å². The number of carbonyl (C=O) groups is 1. The van der Waals surface area contributed by atoms with E-state index in [0.717, 1.165) is 28.1 Å². The maximum Gasteiger partial charge on any atom is 0.304 e. The minimum absolute atomic E-state index is 0.0314. The van der Waals surface area contributed by atoms with Gasteiger partial charge in [-0.05, 0) is 66.6 Å². The minimum Gasteiger partial charge on any atom is -0.489 e. The van der Waals surface area contributed by atoms with Crippen LogP contribution < -0.4 is 4.74 Å². The van der Waals surface area contributed by atoms with Crippen LogP contribution in [0.5, 0.6) is 5.75 Å². The third-order valence-electron chi connectivity index (χ3n) is 6.55. The summed E-state index contributed by atoms with van der Waals surface area (Å²) in [5.74, 6) is -0.107. The standard InChI is InChI=1S/C27H25NO4S/c1-17-22(3-2-10-28-17)24-16-33-25-9-4-18(11-23(24)25)15-32-21-7-5-19(6-8-21)27(14-26(30)31)12-20(29)13-27/h2-11,16,20,29H,12-15H2,1H3,(H,30,31). The fourth-order valence-electron chi connectivity index (χ4n) is 4.83. The summed E-state index contributed by atoms with van der Waals surface area (Å²) >= 11 is 1.73. The number of hydrogen-bond donors (Lipinski definition) is 2.